The summed E-state index contributed by atoms with van der Waals surface area (Å²) in [6.07, 6.45) is 0.281. The van der Waals surface area contributed by atoms with Crippen molar-refractivity contribution in [1.82, 2.24) is 9.62 Å². The van der Waals surface area contributed by atoms with Crippen LogP contribution in [0.15, 0.2) is 29.2 Å². The van der Waals surface area contributed by atoms with Crippen LogP contribution in [0.5, 0.6) is 0 Å². The van der Waals surface area contributed by atoms with Crippen LogP contribution in [0, 0.1) is 0 Å². The molecule has 0 atom stereocenters. The predicted octanol–water partition coefficient (Wildman–Crippen LogP) is 1.31. The third-order valence-electron chi connectivity index (χ3n) is 3.35. The van der Waals surface area contributed by atoms with E-state index in [1.807, 2.05) is 0 Å². The highest BCUT2D eigenvalue weighted by Gasteiger charge is 2.23. The maximum Gasteiger partial charge on any atom is 0.303 e. The molecular formula is C15H22N2O5S. The SMILES string of the molecule is CC(C)N(C)S(=O)(=O)c1cccc(C(=O)NCCCC(=O)O)c1. The van der Waals surface area contributed by atoms with E-state index in [4.69, 9.17) is 5.11 Å². The molecule has 0 saturated carbocycles. The van der Waals surface area contributed by atoms with Crippen LogP contribution in [-0.2, 0) is 14.8 Å². The first-order valence-corrected chi connectivity index (χ1v) is 8.68. The van der Waals surface area contributed by atoms with E-state index in [2.05, 4.69) is 5.32 Å². The van der Waals surface area contributed by atoms with E-state index in [0.29, 0.717) is 6.42 Å². The van der Waals surface area contributed by atoms with E-state index in [9.17, 15) is 18.0 Å². The highest BCUT2D eigenvalue weighted by Crippen LogP contribution is 2.17. The molecule has 0 heterocycles. The number of nitrogens with zero attached hydrogens (tertiary/aromatic N) is 1. The van der Waals surface area contributed by atoms with Gasteiger partial charge >= 0.3 is 5.97 Å². The third kappa shape index (κ3) is 5.33. The Hall–Kier alpha value is -1.93. The van der Waals surface area contributed by atoms with Crippen molar-refractivity contribution < 1.29 is 23.1 Å². The van der Waals surface area contributed by atoms with E-state index in [1.165, 1.54) is 35.6 Å². The number of nitrogens with one attached hydrogen (secondary N) is 1. The van der Waals surface area contributed by atoms with Gasteiger partial charge in [0, 0.05) is 31.6 Å². The molecular weight excluding hydrogens is 320 g/mol. The number of aliphatic carboxylic acids is 1. The summed E-state index contributed by atoms with van der Waals surface area (Å²) in [5, 5.41) is 11.1. The van der Waals surface area contributed by atoms with Crippen molar-refractivity contribution in [3.05, 3.63) is 29.8 Å². The Morgan fingerprint density at radius 3 is 2.52 bits per heavy atom. The number of carboxylic acid groups (broad SMARTS) is 1. The number of sulfonamides is 1. The Bertz CT molecular complexity index is 670. The molecule has 1 aromatic rings. The fourth-order valence-electron chi connectivity index (χ4n) is 1.79. The van der Waals surface area contributed by atoms with E-state index < -0.39 is 21.9 Å². The molecule has 1 aromatic carbocycles. The van der Waals surface area contributed by atoms with Crippen molar-refractivity contribution in [2.75, 3.05) is 13.6 Å². The summed E-state index contributed by atoms with van der Waals surface area (Å²) in [7, 11) is -2.17. The molecule has 2 N–H and O–H groups in total. The lowest BCUT2D eigenvalue weighted by atomic mass is 10.2. The van der Waals surface area contributed by atoms with Crippen molar-refractivity contribution in [1.29, 1.82) is 0 Å². The molecule has 0 aliphatic heterocycles. The van der Waals surface area contributed by atoms with Gasteiger partial charge in [0.25, 0.3) is 5.91 Å². The first kappa shape index (κ1) is 19.1. The maximum absolute atomic E-state index is 12.4. The summed E-state index contributed by atoms with van der Waals surface area (Å²) >= 11 is 0. The lowest BCUT2D eigenvalue weighted by Crippen LogP contribution is -2.33. The molecule has 0 saturated heterocycles. The number of rotatable bonds is 8. The zero-order chi connectivity index (χ0) is 17.6. The minimum absolute atomic E-state index is 0.0338. The second-order valence-corrected chi connectivity index (χ2v) is 7.39. The lowest BCUT2D eigenvalue weighted by molar-refractivity contribution is -0.137. The molecule has 0 spiro atoms. The first-order chi connectivity index (χ1) is 10.7. The molecule has 8 heteroatoms. The van der Waals surface area contributed by atoms with Crippen LogP contribution in [0.2, 0.25) is 0 Å². The fraction of sp³-hybridized carbons (Fsp3) is 0.467. The fourth-order valence-corrected chi connectivity index (χ4v) is 3.20. The molecule has 23 heavy (non-hydrogen) atoms. The minimum atomic E-state index is -3.66. The molecule has 0 radical (unpaired) electrons. The zero-order valence-corrected chi connectivity index (χ0v) is 14.3. The predicted molar refractivity (Wildman–Crippen MR) is 85.7 cm³/mol. The third-order valence-corrected chi connectivity index (χ3v) is 5.38. The van der Waals surface area contributed by atoms with Gasteiger partial charge in [0.15, 0.2) is 0 Å². The Morgan fingerprint density at radius 1 is 1.30 bits per heavy atom. The summed E-state index contributed by atoms with van der Waals surface area (Å²) in [5.74, 6) is -1.36. The van der Waals surface area contributed by atoms with E-state index >= 15 is 0 Å². The van der Waals surface area contributed by atoms with Crippen molar-refractivity contribution in [3.8, 4) is 0 Å². The number of carbonyl (C=O) groups is 2. The van der Waals surface area contributed by atoms with Gasteiger partial charge in [-0.05, 0) is 38.5 Å². The average molecular weight is 342 g/mol. The maximum atomic E-state index is 12.4. The monoisotopic (exact) mass is 342 g/mol. The smallest absolute Gasteiger partial charge is 0.303 e. The molecule has 7 nitrogen and oxygen atoms in total. The molecule has 0 aromatic heterocycles. The minimum Gasteiger partial charge on any atom is -0.481 e. The Kier molecular flexibility index (Phi) is 6.71. The van der Waals surface area contributed by atoms with Crippen LogP contribution in [0.25, 0.3) is 0 Å². The summed E-state index contributed by atoms with van der Waals surface area (Å²) in [6.45, 7) is 3.74. The van der Waals surface area contributed by atoms with Gasteiger partial charge in [-0.1, -0.05) is 6.07 Å². The molecule has 0 fully saturated rings. The normalized spacial score (nSPS) is 11.7. The molecule has 128 valence electrons. The number of hydrogen-bond donors (Lipinski definition) is 2. The number of carbonyl (C=O) groups excluding carboxylic acids is 1. The second-order valence-electron chi connectivity index (χ2n) is 5.40. The van der Waals surface area contributed by atoms with Crippen LogP contribution in [0.3, 0.4) is 0 Å². The van der Waals surface area contributed by atoms with Crippen molar-refractivity contribution in [3.63, 3.8) is 0 Å². The quantitative estimate of drug-likeness (QED) is 0.693. The van der Waals surface area contributed by atoms with Crippen molar-refractivity contribution in [2.24, 2.45) is 0 Å². The highest BCUT2D eigenvalue weighted by molar-refractivity contribution is 7.89. The van der Waals surface area contributed by atoms with Gasteiger partial charge in [0.1, 0.15) is 0 Å². The summed E-state index contributed by atoms with van der Waals surface area (Å²) in [6, 6.07) is 5.58. The zero-order valence-electron chi connectivity index (χ0n) is 13.4. The number of hydrogen-bond acceptors (Lipinski definition) is 4. The van der Waals surface area contributed by atoms with Crippen LogP contribution < -0.4 is 5.32 Å². The van der Waals surface area contributed by atoms with Crippen LogP contribution in [0.4, 0.5) is 0 Å². The van der Waals surface area contributed by atoms with Gasteiger partial charge in [-0.3, -0.25) is 9.59 Å². The molecule has 1 amide bonds. The van der Waals surface area contributed by atoms with Gasteiger partial charge in [-0.15, -0.1) is 0 Å². The molecule has 0 bridgehead atoms. The van der Waals surface area contributed by atoms with Gasteiger partial charge in [0.05, 0.1) is 4.90 Å². The molecule has 0 aliphatic carbocycles. The number of benzene rings is 1. The molecule has 1 rings (SSSR count). The topological polar surface area (TPSA) is 104 Å². The first-order valence-electron chi connectivity index (χ1n) is 7.24. The standard InChI is InChI=1S/C15H22N2O5S/c1-11(2)17(3)23(21,22)13-7-4-6-12(10-13)15(20)16-9-5-8-14(18)19/h4,6-7,10-11H,5,8-9H2,1-3H3,(H,16,20)(H,18,19). The summed E-state index contributed by atoms with van der Waals surface area (Å²) in [4.78, 5) is 22.5. The molecule has 0 aliphatic rings. The van der Waals surface area contributed by atoms with Gasteiger partial charge < -0.3 is 10.4 Å². The lowest BCUT2D eigenvalue weighted by Gasteiger charge is -2.21. The van der Waals surface area contributed by atoms with E-state index in [-0.39, 0.29) is 29.5 Å². The Balaban J connectivity index is 2.84. The van der Waals surface area contributed by atoms with E-state index in [0.717, 1.165) is 0 Å². The van der Waals surface area contributed by atoms with Crippen molar-refractivity contribution >= 4 is 21.9 Å². The van der Waals surface area contributed by atoms with Crippen molar-refractivity contribution in [2.45, 2.75) is 37.6 Å². The van der Waals surface area contributed by atoms with E-state index in [1.54, 1.807) is 13.8 Å². The van der Waals surface area contributed by atoms with Crippen LogP contribution >= 0.6 is 0 Å². The second kappa shape index (κ2) is 8.07. The van der Waals surface area contributed by atoms with Gasteiger partial charge in [0.2, 0.25) is 10.0 Å². The van der Waals surface area contributed by atoms with Crippen LogP contribution in [-0.4, -0.2) is 49.3 Å². The van der Waals surface area contributed by atoms with Crippen LogP contribution in [0.1, 0.15) is 37.0 Å². The van der Waals surface area contributed by atoms with Gasteiger partial charge in [-0.25, -0.2) is 8.42 Å². The average Bonchev–Trinajstić information content (AvgIpc) is 2.50. The summed E-state index contributed by atoms with van der Waals surface area (Å²) < 4.78 is 26.1. The number of carboxylic acids is 1. The highest BCUT2D eigenvalue weighted by atomic mass is 32.2. The Morgan fingerprint density at radius 2 is 1.96 bits per heavy atom. The molecule has 0 unspecified atom stereocenters. The summed E-state index contributed by atoms with van der Waals surface area (Å²) in [5.41, 5.74) is 0.221. The largest absolute Gasteiger partial charge is 0.481 e. The Labute approximate surface area is 136 Å². The number of amides is 1. The van der Waals surface area contributed by atoms with Gasteiger partial charge in [-0.2, -0.15) is 4.31 Å².